The molecule has 0 spiro atoms. The lowest BCUT2D eigenvalue weighted by molar-refractivity contribution is 0.0954. The molecule has 0 saturated heterocycles. The van der Waals surface area contributed by atoms with Gasteiger partial charge in [0.05, 0.1) is 4.90 Å². The second kappa shape index (κ2) is 8.11. The largest absolute Gasteiger partial charge is 0.352 e. The van der Waals surface area contributed by atoms with Crippen LogP contribution in [-0.4, -0.2) is 25.9 Å². The Morgan fingerprint density at radius 1 is 0.963 bits per heavy atom. The summed E-state index contributed by atoms with van der Waals surface area (Å²) in [4.78, 5) is 16.4. The Kier molecular flexibility index (Phi) is 5.63. The Labute approximate surface area is 158 Å². The molecule has 138 valence electrons. The number of carbonyl (C=O) groups excluding carboxylic acids is 1. The minimum Gasteiger partial charge on any atom is -0.352 e. The van der Waals surface area contributed by atoms with Crippen LogP contribution < -0.4 is 10.5 Å². The molecular weight excluding hydrogens is 362 g/mol. The van der Waals surface area contributed by atoms with E-state index < -0.39 is 10.0 Å². The number of rotatable bonds is 6. The van der Waals surface area contributed by atoms with Crippen molar-refractivity contribution in [3.8, 4) is 11.1 Å². The first-order valence-corrected chi connectivity index (χ1v) is 9.88. The summed E-state index contributed by atoms with van der Waals surface area (Å²) in [5.74, 6) is -0.158. The predicted octanol–water partition coefficient (Wildman–Crippen LogP) is 2.37. The van der Waals surface area contributed by atoms with Crippen LogP contribution in [0.5, 0.6) is 0 Å². The maximum atomic E-state index is 12.2. The Balaban J connectivity index is 1.55. The van der Waals surface area contributed by atoms with Gasteiger partial charge in [0.2, 0.25) is 10.0 Å². The summed E-state index contributed by atoms with van der Waals surface area (Å²) in [6.07, 6.45) is 4.08. The van der Waals surface area contributed by atoms with E-state index in [0.717, 1.165) is 16.7 Å². The third-order valence-electron chi connectivity index (χ3n) is 4.09. The molecule has 0 aliphatic rings. The van der Waals surface area contributed by atoms with Gasteiger partial charge in [-0.15, -0.1) is 0 Å². The second-order valence-corrected chi connectivity index (χ2v) is 7.58. The van der Waals surface area contributed by atoms with E-state index in [2.05, 4.69) is 10.3 Å². The number of hydrogen-bond acceptors (Lipinski definition) is 4. The Morgan fingerprint density at radius 3 is 2.26 bits per heavy atom. The number of nitrogens with zero attached hydrogens (tertiary/aromatic N) is 1. The van der Waals surface area contributed by atoms with Crippen molar-refractivity contribution < 1.29 is 13.2 Å². The Morgan fingerprint density at radius 2 is 1.67 bits per heavy atom. The average molecular weight is 381 g/mol. The van der Waals surface area contributed by atoms with Crippen LogP contribution in [0.2, 0.25) is 0 Å². The summed E-state index contributed by atoms with van der Waals surface area (Å²) in [6, 6.07) is 17.5. The van der Waals surface area contributed by atoms with E-state index in [1.165, 1.54) is 12.1 Å². The molecule has 0 unspecified atom stereocenters. The fourth-order valence-corrected chi connectivity index (χ4v) is 3.13. The van der Waals surface area contributed by atoms with Crippen LogP contribution in [0.1, 0.15) is 15.9 Å². The lowest BCUT2D eigenvalue weighted by atomic mass is 10.1. The van der Waals surface area contributed by atoms with Crippen molar-refractivity contribution in [2.45, 2.75) is 11.3 Å². The number of amides is 1. The molecule has 7 heteroatoms. The zero-order valence-electron chi connectivity index (χ0n) is 14.5. The lowest BCUT2D eigenvalue weighted by Crippen LogP contribution is -2.25. The number of pyridine rings is 1. The predicted molar refractivity (Wildman–Crippen MR) is 104 cm³/mol. The van der Waals surface area contributed by atoms with Gasteiger partial charge in [-0.05, 0) is 53.4 Å². The molecule has 3 aromatic rings. The van der Waals surface area contributed by atoms with Crippen molar-refractivity contribution >= 4 is 15.9 Å². The summed E-state index contributed by atoms with van der Waals surface area (Å²) < 4.78 is 22.5. The Hall–Kier alpha value is -3.03. The maximum absolute atomic E-state index is 12.2. The zero-order chi connectivity index (χ0) is 19.3. The van der Waals surface area contributed by atoms with Crippen molar-refractivity contribution in [1.29, 1.82) is 0 Å². The second-order valence-electron chi connectivity index (χ2n) is 6.01. The van der Waals surface area contributed by atoms with Crippen LogP contribution in [0.4, 0.5) is 0 Å². The lowest BCUT2D eigenvalue weighted by Gasteiger charge is -2.07. The molecule has 0 atom stereocenters. The van der Waals surface area contributed by atoms with E-state index >= 15 is 0 Å². The minimum atomic E-state index is -3.69. The van der Waals surface area contributed by atoms with Crippen molar-refractivity contribution in [2.24, 2.45) is 5.14 Å². The fraction of sp³-hybridized carbons (Fsp3) is 0.100. The number of sulfonamides is 1. The molecule has 0 aliphatic heterocycles. The topological polar surface area (TPSA) is 102 Å². The molecule has 1 aromatic heterocycles. The average Bonchev–Trinajstić information content (AvgIpc) is 2.68. The number of primary sulfonamides is 1. The molecule has 0 saturated carbocycles. The number of nitrogens with one attached hydrogen (secondary N) is 1. The van der Waals surface area contributed by atoms with Crippen LogP contribution in [0.15, 0.2) is 78.0 Å². The standard InChI is InChI=1S/C20H19N3O3S/c21-27(25,26)19-9-3-15(4-10-19)11-13-23-20(24)17-7-5-16(6-8-17)18-2-1-12-22-14-18/h1-10,12,14H,11,13H2,(H,23,24)(H2,21,25,26). The first kappa shape index (κ1) is 18.8. The minimum absolute atomic E-state index is 0.0731. The third-order valence-corrected chi connectivity index (χ3v) is 5.02. The van der Waals surface area contributed by atoms with Gasteiger partial charge in [-0.3, -0.25) is 9.78 Å². The maximum Gasteiger partial charge on any atom is 0.251 e. The molecule has 0 bridgehead atoms. The van der Waals surface area contributed by atoms with Crippen molar-refractivity contribution in [3.63, 3.8) is 0 Å². The summed E-state index contributed by atoms with van der Waals surface area (Å²) in [6.45, 7) is 0.442. The van der Waals surface area contributed by atoms with E-state index in [-0.39, 0.29) is 10.8 Å². The first-order valence-electron chi connectivity index (χ1n) is 8.34. The molecule has 0 aliphatic carbocycles. The molecule has 0 radical (unpaired) electrons. The smallest absolute Gasteiger partial charge is 0.251 e. The molecule has 3 N–H and O–H groups in total. The number of hydrogen-bond donors (Lipinski definition) is 2. The van der Waals surface area contributed by atoms with Crippen LogP contribution in [0.3, 0.4) is 0 Å². The van der Waals surface area contributed by atoms with E-state index in [4.69, 9.17) is 5.14 Å². The van der Waals surface area contributed by atoms with Gasteiger partial charge in [-0.1, -0.05) is 30.3 Å². The molecule has 0 fully saturated rings. The first-order chi connectivity index (χ1) is 12.9. The highest BCUT2D eigenvalue weighted by molar-refractivity contribution is 7.89. The molecule has 27 heavy (non-hydrogen) atoms. The van der Waals surface area contributed by atoms with E-state index in [0.29, 0.717) is 18.5 Å². The van der Waals surface area contributed by atoms with Crippen molar-refractivity contribution in [2.75, 3.05) is 6.54 Å². The third kappa shape index (κ3) is 4.99. The SMILES string of the molecule is NS(=O)(=O)c1ccc(CCNC(=O)c2ccc(-c3cccnc3)cc2)cc1. The fourth-order valence-electron chi connectivity index (χ4n) is 2.62. The molecule has 3 rings (SSSR count). The highest BCUT2D eigenvalue weighted by Crippen LogP contribution is 2.18. The van der Waals surface area contributed by atoms with Crippen LogP contribution >= 0.6 is 0 Å². The van der Waals surface area contributed by atoms with Gasteiger partial charge in [-0.25, -0.2) is 13.6 Å². The van der Waals surface area contributed by atoms with Crippen LogP contribution in [-0.2, 0) is 16.4 Å². The van der Waals surface area contributed by atoms with Crippen molar-refractivity contribution in [3.05, 3.63) is 84.2 Å². The summed E-state index contributed by atoms with van der Waals surface area (Å²) >= 11 is 0. The van der Waals surface area contributed by atoms with Crippen LogP contribution in [0, 0.1) is 0 Å². The number of benzene rings is 2. The van der Waals surface area contributed by atoms with Gasteiger partial charge < -0.3 is 5.32 Å². The molecule has 1 heterocycles. The number of nitrogens with two attached hydrogens (primary N) is 1. The molecule has 1 amide bonds. The number of aromatic nitrogens is 1. The van der Waals surface area contributed by atoms with E-state index in [9.17, 15) is 13.2 Å². The van der Waals surface area contributed by atoms with E-state index in [1.54, 1.807) is 36.7 Å². The van der Waals surface area contributed by atoms with Gasteiger partial charge in [0, 0.05) is 24.5 Å². The quantitative estimate of drug-likeness (QED) is 0.684. The molecule has 6 nitrogen and oxygen atoms in total. The van der Waals surface area contributed by atoms with Gasteiger partial charge in [-0.2, -0.15) is 0 Å². The van der Waals surface area contributed by atoms with E-state index in [1.807, 2.05) is 24.3 Å². The number of carbonyl (C=O) groups is 1. The van der Waals surface area contributed by atoms with Gasteiger partial charge >= 0.3 is 0 Å². The summed E-state index contributed by atoms with van der Waals surface area (Å²) in [7, 11) is -3.69. The highest BCUT2D eigenvalue weighted by atomic mass is 32.2. The normalized spacial score (nSPS) is 11.1. The highest BCUT2D eigenvalue weighted by Gasteiger charge is 2.08. The molecular formula is C20H19N3O3S. The molecule has 2 aromatic carbocycles. The van der Waals surface area contributed by atoms with Gasteiger partial charge in [0.25, 0.3) is 5.91 Å². The zero-order valence-corrected chi connectivity index (χ0v) is 15.3. The monoisotopic (exact) mass is 381 g/mol. The van der Waals surface area contributed by atoms with Crippen molar-refractivity contribution in [1.82, 2.24) is 10.3 Å². The summed E-state index contributed by atoms with van der Waals surface area (Å²) in [5, 5.41) is 7.93. The van der Waals surface area contributed by atoms with Gasteiger partial charge in [0.1, 0.15) is 0 Å². The Bertz CT molecular complexity index is 1020. The summed E-state index contributed by atoms with van der Waals surface area (Å²) in [5.41, 5.74) is 3.48. The van der Waals surface area contributed by atoms with Crippen LogP contribution in [0.25, 0.3) is 11.1 Å². The van der Waals surface area contributed by atoms with Gasteiger partial charge in [0.15, 0.2) is 0 Å².